The number of hydrogen-bond donors (Lipinski definition) is 0. The molecule has 0 saturated carbocycles. The number of thiazole rings is 1. The molecule has 32 heavy (non-hydrogen) atoms. The van der Waals surface area contributed by atoms with E-state index in [1.54, 1.807) is 24.4 Å². The van der Waals surface area contributed by atoms with Gasteiger partial charge in [0, 0.05) is 12.5 Å². The molecule has 0 radical (unpaired) electrons. The van der Waals surface area contributed by atoms with Crippen LogP contribution in [0.25, 0.3) is 10.2 Å². The summed E-state index contributed by atoms with van der Waals surface area (Å²) in [6.07, 6.45) is 2.74. The number of aromatic nitrogens is 2. The molecule has 9 heteroatoms. The van der Waals surface area contributed by atoms with E-state index in [0.29, 0.717) is 17.4 Å². The van der Waals surface area contributed by atoms with Crippen molar-refractivity contribution in [1.82, 2.24) is 9.97 Å². The molecular weight excluding hydrogens is 446 g/mol. The van der Waals surface area contributed by atoms with E-state index in [9.17, 15) is 13.2 Å². The molecule has 2 aromatic heterocycles. The highest BCUT2D eigenvalue weighted by Crippen LogP contribution is 2.33. The third-order valence-electron chi connectivity index (χ3n) is 4.70. The highest BCUT2D eigenvalue weighted by atomic mass is 32.2. The largest absolute Gasteiger partial charge is 0.494 e. The maximum absolute atomic E-state index is 13.6. The molecule has 0 bridgehead atoms. The number of sulfone groups is 1. The number of anilines is 1. The van der Waals surface area contributed by atoms with Crippen LogP contribution in [0.1, 0.15) is 23.0 Å². The van der Waals surface area contributed by atoms with Gasteiger partial charge in [0.05, 0.1) is 39.5 Å². The van der Waals surface area contributed by atoms with Crippen LogP contribution in [0.5, 0.6) is 5.75 Å². The van der Waals surface area contributed by atoms with Gasteiger partial charge in [0.2, 0.25) is 0 Å². The van der Waals surface area contributed by atoms with Crippen LogP contribution in [0, 0.1) is 0 Å². The molecule has 2 aromatic carbocycles. The Morgan fingerprint density at radius 3 is 2.59 bits per heavy atom. The van der Waals surface area contributed by atoms with Crippen LogP contribution in [0.3, 0.4) is 0 Å². The SMILES string of the molecule is CCOc1ccc2nc(N(Cc3ccccn3)C(=O)c3ccccc3S(C)(=O)=O)sc2c1. The summed E-state index contributed by atoms with van der Waals surface area (Å²) in [5.41, 5.74) is 1.48. The van der Waals surface area contributed by atoms with Gasteiger partial charge in [-0.05, 0) is 49.4 Å². The maximum Gasteiger partial charge on any atom is 0.261 e. The van der Waals surface area contributed by atoms with Crippen molar-refractivity contribution in [2.45, 2.75) is 18.4 Å². The number of ether oxygens (including phenoxy) is 1. The van der Waals surface area contributed by atoms with Gasteiger partial charge in [-0.2, -0.15) is 0 Å². The summed E-state index contributed by atoms with van der Waals surface area (Å²) in [6.45, 7) is 2.61. The summed E-state index contributed by atoms with van der Waals surface area (Å²) in [6, 6.07) is 17.2. The third kappa shape index (κ3) is 4.63. The number of carbonyl (C=O) groups excluding carboxylic acids is 1. The lowest BCUT2D eigenvalue weighted by Gasteiger charge is -2.20. The standard InChI is InChI=1S/C23H21N3O4S2/c1-3-30-17-11-12-19-20(14-17)31-23(25-19)26(15-16-8-6-7-13-24-16)22(27)18-9-4-5-10-21(18)32(2,28)29/h4-14H,3,15H2,1-2H3. The lowest BCUT2D eigenvalue weighted by atomic mass is 10.2. The fraction of sp³-hybridized carbons (Fsp3) is 0.174. The molecular formula is C23H21N3O4S2. The number of benzene rings is 2. The average Bonchev–Trinajstić information content (AvgIpc) is 3.20. The van der Waals surface area contributed by atoms with E-state index in [-0.39, 0.29) is 17.0 Å². The lowest BCUT2D eigenvalue weighted by molar-refractivity contribution is 0.0981. The van der Waals surface area contributed by atoms with Crippen molar-refractivity contribution >= 4 is 42.4 Å². The van der Waals surface area contributed by atoms with Crippen LogP contribution in [0.2, 0.25) is 0 Å². The molecule has 0 aliphatic carbocycles. The molecule has 0 atom stereocenters. The third-order valence-corrected chi connectivity index (χ3v) is 6.89. The minimum Gasteiger partial charge on any atom is -0.494 e. The first-order valence-electron chi connectivity index (χ1n) is 9.91. The smallest absolute Gasteiger partial charge is 0.261 e. The fourth-order valence-corrected chi connectivity index (χ4v) is 5.13. The summed E-state index contributed by atoms with van der Waals surface area (Å²) in [5, 5.41) is 0.451. The Hall–Kier alpha value is -3.30. The highest BCUT2D eigenvalue weighted by molar-refractivity contribution is 7.90. The molecule has 0 spiro atoms. The minimum atomic E-state index is -3.60. The quantitative estimate of drug-likeness (QED) is 0.402. The zero-order valence-electron chi connectivity index (χ0n) is 17.6. The number of amides is 1. The summed E-state index contributed by atoms with van der Waals surface area (Å²) in [7, 11) is -3.60. The zero-order valence-corrected chi connectivity index (χ0v) is 19.2. The van der Waals surface area contributed by atoms with E-state index in [1.165, 1.54) is 28.4 Å². The van der Waals surface area contributed by atoms with Crippen molar-refractivity contribution in [3.8, 4) is 5.75 Å². The molecule has 0 N–H and O–H groups in total. The Balaban J connectivity index is 1.81. The van der Waals surface area contributed by atoms with E-state index < -0.39 is 15.7 Å². The van der Waals surface area contributed by atoms with Gasteiger partial charge in [0.1, 0.15) is 5.75 Å². The van der Waals surface area contributed by atoms with Crippen molar-refractivity contribution in [2.24, 2.45) is 0 Å². The van der Waals surface area contributed by atoms with Gasteiger partial charge in [0.15, 0.2) is 15.0 Å². The van der Waals surface area contributed by atoms with Crippen molar-refractivity contribution in [3.63, 3.8) is 0 Å². The Bertz CT molecular complexity index is 1370. The summed E-state index contributed by atoms with van der Waals surface area (Å²) in [5.74, 6) is 0.265. The van der Waals surface area contributed by atoms with Crippen LogP contribution in [0.4, 0.5) is 5.13 Å². The Kier molecular flexibility index (Phi) is 6.20. The van der Waals surface area contributed by atoms with Gasteiger partial charge in [0.25, 0.3) is 5.91 Å². The average molecular weight is 468 g/mol. The number of hydrogen-bond acceptors (Lipinski definition) is 7. The van der Waals surface area contributed by atoms with E-state index >= 15 is 0 Å². The van der Waals surface area contributed by atoms with Crippen molar-refractivity contribution in [2.75, 3.05) is 17.8 Å². The van der Waals surface area contributed by atoms with E-state index in [0.717, 1.165) is 22.2 Å². The molecule has 7 nitrogen and oxygen atoms in total. The van der Waals surface area contributed by atoms with Crippen molar-refractivity contribution in [3.05, 3.63) is 78.1 Å². The second-order valence-corrected chi connectivity index (χ2v) is 10.0. The van der Waals surface area contributed by atoms with Crippen LogP contribution in [-0.2, 0) is 16.4 Å². The van der Waals surface area contributed by atoms with Gasteiger partial charge in [-0.3, -0.25) is 14.7 Å². The zero-order chi connectivity index (χ0) is 22.7. The van der Waals surface area contributed by atoms with Crippen LogP contribution in [0.15, 0.2) is 71.8 Å². The number of carbonyl (C=O) groups is 1. The van der Waals surface area contributed by atoms with Crippen molar-refractivity contribution in [1.29, 1.82) is 0 Å². The summed E-state index contributed by atoms with van der Waals surface area (Å²) in [4.78, 5) is 24.1. The molecule has 0 saturated heterocycles. The second-order valence-electron chi connectivity index (χ2n) is 7.04. The first kappa shape index (κ1) is 21.9. The second kappa shape index (κ2) is 9.05. The Morgan fingerprint density at radius 1 is 1.09 bits per heavy atom. The summed E-state index contributed by atoms with van der Waals surface area (Å²) < 4.78 is 31.0. The predicted octanol–water partition coefficient (Wildman–Crippen LogP) is 4.34. The van der Waals surface area contributed by atoms with Gasteiger partial charge in [-0.25, -0.2) is 13.4 Å². The van der Waals surface area contributed by atoms with E-state index in [4.69, 9.17) is 4.74 Å². The van der Waals surface area contributed by atoms with Crippen LogP contribution < -0.4 is 9.64 Å². The normalized spacial score (nSPS) is 11.4. The monoisotopic (exact) mass is 467 g/mol. The number of rotatable bonds is 7. The Labute approximate surface area is 190 Å². The molecule has 0 aliphatic rings. The van der Waals surface area contributed by atoms with E-state index in [2.05, 4.69) is 9.97 Å². The lowest BCUT2D eigenvalue weighted by Crippen LogP contribution is -2.31. The topological polar surface area (TPSA) is 89.5 Å². The fourth-order valence-electron chi connectivity index (χ4n) is 3.26. The van der Waals surface area contributed by atoms with Gasteiger partial charge in [-0.15, -0.1) is 0 Å². The molecule has 1 amide bonds. The number of nitrogens with zero attached hydrogens (tertiary/aromatic N) is 3. The first-order valence-corrected chi connectivity index (χ1v) is 12.6. The minimum absolute atomic E-state index is 0.0178. The highest BCUT2D eigenvalue weighted by Gasteiger charge is 2.26. The maximum atomic E-state index is 13.6. The van der Waals surface area contributed by atoms with Crippen LogP contribution >= 0.6 is 11.3 Å². The predicted molar refractivity (Wildman–Crippen MR) is 125 cm³/mol. The van der Waals surface area contributed by atoms with E-state index in [1.807, 2.05) is 37.3 Å². The molecule has 0 unspecified atom stereocenters. The Morgan fingerprint density at radius 2 is 1.88 bits per heavy atom. The van der Waals surface area contributed by atoms with Crippen molar-refractivity contribution < 1.29 is 17.9 Å². The molecule has 0 aliphatic heterocycles. The van der Waals surface area contributed by atoms with Crippen LogP contribution in [-0.4, -0.2) is 37.2 Å². The molecule has 2 heterocycles. The molecule has 4 rings (SSSR count). The molecule has 4 aromatic rings. The van der Waals surface area contributed by atoms with Gasteiger partial charge < -0.3 is 4.74 Å². The van der Waals surface area contributed by atoms with Gasteiger partial charge in [-0.1, -0.05) is 29.5 Å². The molecule has 0 fully saturated rings. The summed E-state index contributed by atoms with van der Waals surface area (Å²) >= 11 is 1.34. The number of fused-ring (bicyclic) bond motifs is 1. The molecule has 164 valence electrons. The first-order chi connectivity index (χ1) is 15.4. The number of pyridine rings is 1. The van der Waals surface area contributed by atoms with Gasteiger partial charge >= 0.3 is 0 Å².